The van der Waals surface area contributed by atoms with Gasteiger partial charge in [0.2, 0.25) is 5.91 Å². The van der Waals surface area contributed by atoms with Crippen LogP contribution < -0.4 is 15.0 Å². The normalized spacial score (nSPS) is 13.2. The van der Waals surface area contributed by atoms with Crippen LogP contribution >= 0.6 is 0 Å². The summed E-state index contributed by atoms with van der Waals surface area (Å²) in [7, 11) is 1.75. The van der Waals surface area contributed by atoms with Crippen LogP contribution in [0, 0.1) is 0 Å². The van der Waals surface area contributed by atoms with Gasteiger partial charge in [-0.25, -0.2) is 0 Å². The van der Waals surface area contributed by atoms with Gasteiger partial charge in [-0.3, -0.25) is 9.59 Å². The van der Waals surface area contributed by atoms with Crippen LogP contribution in [0.5, 0.6) is 5.75 Å². The van der Waals surface area contributed by atoms with Gasteiger partial charge in [0.25, 0.3) is 5.91 Å². The van der Waals surface area contributed by atoms with E-state index >= 15 is 0 Å². The average molecular weight is 324 g/mol. The highest BCUT2D eigenvalue weighted by Crippen LogP contribution is 2.31. The van der Waals surface area contributed by atoms with Gasteiger partial charge in [-0.2, -0.15) is 0 Å². The van der Waals surface area contributed by atoms with Crippen molar-refractivity contribution < 1.29 is 14.3 Å². The van der Waals surface area contributed by atoms with Crippen LogP contribution in [0.1, 0.15) is 11.1 Å². The second-order valence-electron chi connectivity index (χ2n) is 5.81. The number of nitrogens with zero attached hydrogens (tertiary/aromatic N) is 1. The molecule has 2 aromatic carbocycles. The maximum absolute atomic E-state index is 11.9. The van der Waals surface area contributed by atoms with E-state index in [1.165, 1.54) is 0 Å². The van der Waals surface area contributed by atoms with Crippen molar-refractivity contribution in [2.45, 2.75) is 12.8 Å². The number of fused-ring (bicyclic) bond motifs is 1. The number of hydrogen-bond donors (Lipinski definition) is 1. The summed E-state index contributed by atoms with van der Waals surface area (Å²) in [6.45, 7) is 0.640. The molecule has 1 aliphatic heterocycles. The zero-order valence-electron chi connectivity index (χ0n) is 13.6. The Balaban J connectivity index is 1.54. The predicted molar refractivity (Wildman–Crippen MR) is 92.2 cm³/mol. The molecule has 0 saturated heterocycles. The minimum absolute atomic E-state index is 0.00906. The summed E-state index contributed by atoms with van der Waals surface area (Å²) in [5.74, 6) is 0.666. The minimum atomic E-state index is -0.0594. The van der Waals surface area contributed by atoms with Crippen molar-refractivity contribution in [1.82, 2.24) is 5.32 Å². The molecule has 0 atom stereocenters. The highest BCUT2D eigenvalue weighted by atomic mass is 16.5. The number of carbonyl (C=O) groups excluding carboxylic acids is 2. The van der Waals surface area contributed by atoms with Gasteiger partial charge < -0.3 is 15.0 Å². The highest BCUT2D eigenvalue weighted by molar-refractivity contribution is 5.97. The number of rotatable bonds is 5. The number of hydrogen-bond acceptors (Lipinski definition) is 3. The lowest BCUT2D eigenvalue weighted by molar-refractivity contribution is -0.121. The summed E-state index contributed by atoms with van der Waals surface area (Å²) in [6.07, 6.45) is 1.09. The first-order valence-corrected chi connectivity index (χ1v) is 7.96. The first-order valence-electron chi connectivity index (χ1n) is 7.96. The van der Waals surface area contributed by atoms with Gasteiger partial charge >= 0.3 is 0 Å². The largest absolute Gasteiger partial charge is 0.482 e. The molecular weight excluding hydrogens is 304 g/mol. The topological polar surface area (TPSA) is 58.6 Å². The molecule has 24 heavy (non-hydrogen) atoms. The second-order valence-corrected chi connectivity index (χ2v) is 5.81. The number of benzene rings is 2. The summed E-state index contributed by atoms with van der Waals surface area (Å²) >= 11 is 0. The fourth-order valence-electron chi connectivity index (χ4n) is 2.66. The quantitative estimate of drug-likeness (QED) is 0.914. The predicted octanol–water partition coefficient (Wildman–Crippen LogP) is 1.94. The van der Waals surface area contributed by atoms with Crippen LogP contribution in [0.4, 0.5) is 5.69 Å². The molecule has 2 aromatic rings. The summed E-state index contributed by atoms with van der Waals surface area (Å²) in [5.41, 5.74) is 2.83. The maximum atomic E-state index is 11.9. The molecule has 0 saturated carbocycles. The highest BCUT2D eigenvalue weighted by Gasteiger charge is 2.22. The Morgan fingerprint density at radius 1 is 1.17 bits per heavy atom. The van der Waals surface area contributed by atoms with Gasteiger partial charge in [-0.15, -0.1) is 0 Å². The number of carbonyl (C=O) groups is 2. The molecule has 1 N–H and O–H groups in total. The molecule has 0 fully saturated rings. The Hall–Kier alpha value is -2.82. The average Bonchev–Trinajstić information content (AvgIpc) is 2.59. The van der Waals surface area contributed by atoms with E-state index in [0.717, 1.165) is 16.8 Å². The molecule has 0 aromatic heterocycles. The van der Waals surface area contributed by atoms with Gasteiger partial charge in [0.05, 0.1) is 12.1 Å². The molecule has 0 spiro atoms. The number of amides is 2. The van der Waals surface area contributed by atoms with E-state index in [2.05, 4.69) is 5.32 Å². The first-order chi connectivity index (χ1) is 11.6. The van der Waals surface area contributed by atoms with Crippen molar-refractivity contribution in [2.24, 2.45) is 0 Å². The van der Waals surface area contributed by atoms with Crippen molar-refractivity contribution >= 4 is 17.5 Å². The monoisotopic (exact) mass is 324 g/mol. The molecule has 124 valence electrons. The van der Waals surface area contributed by atoms with Crippen LogP contribution in [-0.4, -0.2) is 32.0 Å². The number of anilines is 1. The third-order valence-electron chi connectivity index (χ3n) is 4.05. The lowest BCUT2D eigenvalue weighted by Gasteiger charge is -2.26. The van der Waals surface area contributed by atoms with Gasteiger partial charge in [0, 0.05) is 13.6 Å². The molecule has 0 aliphatic carbocycles. The van der Waals surface area contributed by atoms with Crippen molar-refractivity contribution in [1.29, 1.82) is 0 Å². The lowest BCUT2D eigenvalue weighted by atomic mass is 10.1. The van der Waals surface area contributed by atoms with E-state index in [1.807, 2.05) is 48.5 Å². The van der Waals surface area contributed by atoms with E-state index in [1.54, 1.807) is 11.9 Å². The summed E-state index contributed by atoms with van der Waals surface area (Å²) in [4.78, 5) is 25.2. The molecule has 2 amide bonds. The van der Waals surface area contributed by atoms with E-state index < -0.39 is 0 Å². The molecule has 1 heterocycles. The SMILES string of the molecule is CN1C(=O)COc2ccc(CCNC(=O)Cc3ccccc3)cc21. The second kappa shape index (κ2) is 7.17. The molecule has 1 aliphatic rings. The number of nitrogens with one attached hydrogen (secondary N) is 1. The van der Waals surface area contributed by atoms with Crippen LogP contribution in [0.3, 0.4) is 0 Å². The third-order valence-corrected chi connectivity index (χ3v) is 4.05. The smallest absolute Gasteiger partial charge is 0.264 e. The van der Waals surface area contributed by atoms with Crippen molar-refractivity contribution in [3.05, 3.63) is 59.7 Å². The number of likely N-dealkylation sites (N-methyl/N-ethyl adjacent to an activating group) is 1. The maximum Gasteiger partial charge on any atom is 0.264 e. The Labute approximate surface area is 141 Å². The van der Waals surface area contributed by atoms with Crippen molar-refractivity contribution in [3.8, 4) is 5.75 Å². The van der Waals surface area contributed by atoms with Crippen LogP contribution in [0.25, 0.3) is 0 Å². The van der Waals surface area contributed by atoms with Crippen LogP contribution in [0.15, 0.2) is 48.5 Å². The van der Waals surface area contributed by atoms with E-state index in [9.17, 15) is 9.59 Å². The zero-order chi connectivity index (χ0) is 16.9. The Morgan fingerprint density at radius 3 is 2.75 bits per heavy atom. The molecule has 3 rings (SSSR count). The first kappa shape index (κ1) is 16.1. The fraction of sp³-hybridized carbons (Fsp3) is 0.263. The summed E-state index contributed by atoms with van der Waals surface area (Å²) in [6, 6.07) is 15.4. The van der Waals surface area contributed by atoms with Crippen molar-refractivity contribution in [3.63, 3.8) is 0 Å². The fourth-order valence-corrected chi connectivity index (χ4v) is 2.66. The van der Waals surface area contributed by atoms with Gasteiger partial charge in [0.15, 0.2) is 6.61 Å². The standard InChI is InChI=1S/C19H20N2O3/c1-21-16-11-15(7-8-17(16)24-13-19(21)23)9-10-20-18(22)12-14-5-3-2-4-6-14/h2-8,11H,9-10,12-13H2,1H3,(H,20,22). The Morgan fingerprint density at radius 2 is 1.96 bits per heavy atom. The Kier molecular flexibility index (Phi) is 4.79. The van der Waals surface area contributed by atoms with E-state index in [0.29, 0.717) is 25.1 Å². The molecule has 0 bridgehead atoms. The summed E-state index contributed by atoms with van der Waals surface area (Å²) in [5, 5.41) is 2.93. The molecule has 0 radical (unpaired) electrons. The lowest BCUT2D eigenvalue weighted by Crippen LogP contribution is -2.35. The molecule has 5 nitrogen and oxygen atoms in total. The molecule has 0 unspecified atom stereocenters. The van der Waals surface area contributed by atoms with Gasteiger partial charge in [-0.05, 0) is 29.7 Å². The summed E-state index contributed by atoms with van der Waals surface area (Å²) < 4.78 is 5.41. The third kappa shape index (κ3) is 3.74. The van der Waals surface area contributed by atoms with Gasteiger partial charge in [-0.1, -0.05) is 36.4 Å². The van der Waals surface area contributed by atoms with Crippen LogP contribution in [0.2, 0.25) is 0 Å². The molecular formula is C19H20N2O3. The minimum Gasteiger partial charge on any atom is -0.482 e. The molecule has 5 heteroatoms. The van der Waals surface area contributed by atoms with E-state index in [4.69, 9.17) is 4.74 Å². The zero-order valence-corrected chi connectivity index (χ0v) is 13.6. The Bertz CT molecular complexity index is 744. The van der Waals surface area contributed by atoms with Crippen molar-refractivity contribution in [2.75, 3.05) is 25.1 Å². The van der Waals surface area contributed by atoms with Gasteiger partial charge in [0.1, 0.15) is 5.75 Å². The number of ether oxygens (including phenoxy) is 1. The van der Waals surface area contributed by atoms with E-state index in [-0.39, 0.29) is 18.4 Å². The van der Waals surface area contributed by atoms with Crippen LogP contribution in [-0.2, 0) is 22.4 Å².